The zero-order valence-corrected chi connectivity index (χ0v) is 14.5. The van der Waals surface area contributed by atoms with Crippen LogP contribution in [0.4, 0.5) is 0 Å². The molecule has 0 aliphatic rings. The molecule has 0 atom stereocenters. The molecule has 0 spiro atoms. The van der Waals surface area contributed by atoms with E-state index in [2.05, 4.69) is 43.1 Å². The molecule has 0 fully saturated rings. The van der Waals surface area contributed by atoms with Crippen molar-refractivity contribution in [3.05, 3.63) is 77.4 Å². The van der Waals surface area contributed by atoms with Crippen LogP contribution in [0.25, 0.3) is 0 Å². The summed E-state index contributed by atoms with van der Waals surface area (Å²) >= 11 is 0. The van der Waals surface area contributed by atoms with Crippen molar-refractivity contribution in [2.24, 2.45) is 0 Å². The number of amides is 1. The molecule has 2 rings (SSSR count). The number of hydrogen-bond acceptors (Lipinski definition) is 2. The molecule has 3 heteroatoms. The van der Waals surface area contributed by atoms with Gasteiger partial charge in [-0.15, -0.1) is 0 Å². The first kappa shape index (κ1) is 17.8. The Morgan fingerprint density at radius 3 is 2.62 bits per heavy atom. The van der Waals surface area contributed by atoms with Gasteiger partial charge in [-0.05, 0) is 56.0 Å². The predicted molar refractivity (Wildman–Crippen MR) is 98.6 cm³/mol. The van der Waals surface area contributed by atoms with Crippen LogP contribution in [0, 0.1) is 6.92 Å². The molecule has 0 bridgehead atoms. The largest absolute Gasteiger partial charge is 0.489 e. The van der Waals surface area contributed by atoms with Crippen LogP contribution in [0.3, 0.4) is 0 Å². The zero-order chi connectivity index (χ0) is 17.4. The highest BCUT2D eigenvalue weighted by atomic mass is 16.5. The van der Waals surface area contributed by atoms with Crippen LogP contribution in [0.15, 0.2) is 60.7 Å². The van der Waals surface area contributed by atoms with Gasteiger partial charge in [0.2, 0.25) is 0 Å². The lowest BCUT2D eigenvalue weighted by molar-refractivity contribution is 0.0953. The van der Waals surface area contributed by atoms with Gasteiger partial charge in [0.05, 0.1) is 0 Å². The molecule has 0 aliphatic heterocycles. The highest BCUT2D eigenvalue weighted by molar-refractivity contribution is 5.94. The van der Waals surface area contributed by atoms with Crippen molar-refractivity contribution in [3.63, 3.8) is 0 Å². The third-order valence-corrected chi connectivity index (χ3v) is 3.63. The van der Waals surface area contributed by atoms with Gasteiger partial charge in [-0.2, -0.15) is 0 Å². The molecule has 126 valence electrons. The fourth-order valence-electron chi connectivity index (χ4n) is 2.28. The minimum absolute atomic E-state index is 0.0697. The van der Waals surface area contributed by atoms with Crippen LogP contribution in [-0.4, -0.2) is 19.1 Å². The zero-order valence-electron chi connectivity index (χ0n) is 14.5. The lowest BCUT2D eigenvalue weighted by atomic mass is 10.1. The van der Waals surface area contributed by atoms with E-state index < -0.39 is 0 Å². The third-order valence-electron chi connectivity index (χ3n) is 3.63. The number of ether oxygens (including phenoxy) is 1. The second-order valence-corrected chi connectivity index (χ2v) is 6.12. The summed E-state index contributed by atoms with van der Waals surface area (Å²) < 4.78 is 5.57. The van der Waals surface area contributed by atoms with E-state index >= 15 is 0 Å². The third kappa shape index (κ3) is 5.92. The highest BCUT2D eigenvalue weighted by Gasteiger charge is 2.06. The molecule has 0 saturated carbocycles. The van der Waals surface area contributed by atoms with E-state index in [4.69, 9.17) is 4.74 Å². The van der Waals surface area contributed by atoms with Crippen LogP contribution in [0.2, 0.25) is 0 Å². The number of hydrogen-bond donors (Lipinski definition) is 1. The maximum atomic E-state index is 12.2. The predicted octanol–water partition coefficient (Wildman–Crippen LogP) is 4.31. The number of carbonyl (C=O) groups excluding carboxylic acids is 1. The van der Waals surface area contributed by atoms with Gasteiger partial charge in [-0.1, -0.05) is 42.5 Å². The SMILES string of the molecule is C=C(C)COc1cccc(C(=O)NCCCc2ccc(C)cc2)c1. The molecule has 0 unspecified atom stereocenters. The Labute approximate surface area is 144 Å². The average molecular weight is 323 g/mol. The van der Waals surface area contributed by atoms with E-state index in [1.54, 1.807) is 12.1 Å². The summed E-state index contributed by atoms with van der Waals surface area (Å²) in [5.74, 6) is 0.616. The van der Waals surface area contributed by atoms with E-state index in [1.165, 1.54) is 11.1 Å². The van der Waals surface area contributed by atoms with Crippen LogP contribution < -0.4 is 10.1 Å². The Bertz CT molecular complexity index is 689. The minimum atomic E-state index is -0.0697. The molecule has 1 amide bonds. The van der Waals surface area contributed by atoms with E-state index in [0.29, 0.717) is 24.5 Å². The van der Waals surface area contributed by atoms with Crippen molar-refractivity contribution >= 4 is 5.91 Å². The summed E-state index contributed by atoms with van der Waals surface area (Å²) in [4.78, 5) is 12.2. The van der Waals surface area contributed by atoms with Crippen molar-refractivity contribution in [3.8, 4) is 5.75 Å². The average Bonchev–Trinajstić information content (AvgIpc) is 2.58. The normalized spacial score (nSPS) is 10.2. The Morgan fingerprint density at radius 2 is 1.92 bits per heavy atom. The van der Waals surface area contributed by atoms with Crippen LogP contribution >= 0.6 is 0 Å². The molecule has 0 aromatic heterocycles. The monoisotopic (exact) mass is 323 g/mol. The van der Waals surface area contributed by atoms with Gasteiger partial charge in [-0.3, -0.25) is 4.79 Å². The van der Waals surface area contributed by atoms with Crippen LogP contribution in [0.1, 0.15) is 34.8 Å². The van der Waals surface area contributed by atoms with Crippen molar-refractivity contribution in [1.82, 2.24) is 5.32 Å². The lowest BCUT2D eigenvalue weighted by Crippen LogP contribution is -2.24. The van der Waals surface area contributed by atoms with Gasteiger partial charge >= 0.3 is 0 Å². The Hall–Kier alpha value is -2.55. The molecule has 2 aromatic rings. The fourth-order valence-corrected chi connectivity index (χ4v) is 2.28. The smallest absolute Gasteiger partial charge is 0.251 e. The topological polar surface area (TPSA) is 38.3 Å². The number of rotatable bonds is 8. The second-order valence-electron chi connectivity index (χ2n) is 6.12. The summed E-state index contributed by atoms with van der Waals surface area (Å²) in [6.07, 6.45) is 1.88. The minimum Gasteiger partial charge on any atom is -0.489 e. The first-order valence-corrected chi connectivity index (χ1v) is 8.25. The lowest BCUT2D eigenvalue weighted by Gasteiger charge is -2.09. The van der Waals surface area contributed by atoms with E-state index in [0.717, 1.165) is 18.4 Å². The molecule has 24 heavy (non-hydrogen) atoms. The van der Waals surface area contributed by atoms with Crippen molar-refractivity contribution in [2.45, 2.75) is 26.7 Å². The summed E-state index contributed by atoms with van der Waals surface area (Å²) in [6, 6.07) is 15.7. The van der Waals surface area contributed by atoms with Gasteiger partial charge in [0.15, 0.2) is 0 Å². The molecule has 0 aliphatic carbocycles. The first-order chi connectivity index (χ1) is 11.5. The summed E-state index contributed by atoms with van der Waals surface area (Å²) in [5.41, 5.74) is 4.12. The molecule has 0 heterocycles. The van der Waals surface area contributed by atoms with Crippen LogP contribution in [0.5, 0.6) is 5.75 Å². The Morgan fingerprint density at radius 1 is 1.17 bits per heavy atom. The van der Waals surface area contributed by atoms with Crippen molar-refractivity contribution in [1.29, 1.82) is 0 Å². The maximum Gasteiger partial charge on any atom is 0.251 e. The molecular weight excluding hydrogens is 298 g/mol. The van der Waals surface area contributed by atoms with E-state index in [9.17, 15) is 4.79 Å². The Kier molecular flexibility index (Phi) is 6.62. The van der Waals surface area contributed by atoms with Gasteiger partial charge in [0, 0.05) is 12.1 Å². The summed E-state index contributed by atoms with van der Waals surface area (Å²) in [5, 5.41) is 2.96. The van der Waals surface area contributed by atoms with Crippen molar-refractivity contribution < 1.29 is 9.53 Å². The van der Waals surface area contributed by atoms with E-state index in [1.807, 2.05) is 19.1 Å². The molecule has 3 nitrogen and oxygen atoms in total. The quantitative estimate of drug-likeness (QED) is 0.580. The second kappa shape index (κ2) is 8.92. The number of carbonyl (C=O) groups is 1. The molecule has 0 saturated heterocycles. The summed E-state index contributed by atoms with van der Waals surface area (Å²) in [6.45, 7) is 8.91. The number of benzene rings is 2. The van der Waals surface area contributed by atoms with Crippen molar-refractivity contribution in [2.75, 3.05) is 13.2 Å². The molecule has 1 N–H and O–H groups in total. The van der Waals surface area contributed by atoms with Gasteiger partial charge in [-0.25, -0.2) is 0 Å². The van der Waals surface area contributed by atoms with E-state index in [-0.39, 0.29) is 5.91 Å². The number of nitrogens with one attached hydrogen (secondary N) is 1. The van der Waals surface area contributed by atoms with Crippen LogP contribution in [-0.2, 0) is 6.42 Å². The summed E-state index contributed by atoms with van der Waals surface area (Å²) in [7, 11) is 0. The molecular formula is C21H25NO2. The standard InChI is InChI=1S/C21H25NO2/c1-16(2)15-24-20-8-4-7-19(14-20)21(23)22-13-5-6-18-11-9-17(3)10-12-18/h4,7-12,14H,1,5-6,13,15H2,2-3H3,(H,22,23). The van der Waals surface area contributed by atoms with Gasteiger partial charge < -0.3 is 10.1 Å². The first-order valence-electron chi connectivity index (χ1n) is 8.25. The molecule has 0 radical (unpaired) electrons. The van der Waals surface area contributed by atoms with Gasteiger partial charge in [0.1, 0.15) is 12.4 Å². The van der Waals surface area contributed by atoms with Gasteiger partial charge in [0.25, 0.3) is 5.91 Å². The molecule has 2 aromatic carbocycles. The fraction of sp³-hybridized carbons (Fsp3) is 0.286. The number of aryl methyl sites for hydroxylation is 2. The highest BCUT2D eigenvalue weighted by Crippen LogP contribution is 2.14. The Balaban J connectivity index is 1.78. The maximum absolute atomic E-state index is 12.2.